The van der Waals surface area contributed by atoms with E-state index < -0.39 is 9.84 Å². The van der Waals surface area contributed by atoms with Gasteiger partial charge in [-0.15, -0.1) is 0 Å². The van der Waals surface area contributed by atoms with E-state index >= 15 is 0 Å². The standard InChI is InChI=1S/C13H26N2O2S/c1-18(16,17)10-2-9-15(13-3-4-13)11-12-5-7-14-8-6-12/h12-14H,2-11H2,1H3. The van der Waals surface area contributed by atoms with Crippen LogP contribution in [0.15, 0.2) is 0 Å². The molecule has 18 heavy (non-hydrogen) atoms. The van der Waals surface area contributed by atoms with Crippen molar-refractivity contribution in [2.45, 2.75) is 38.1 Å². The van der Waals surface area contributed by atoms with Crippen LogP contribution in [0.25, 0.3) is 0 Å². The van der Waals surface area contributed by atoms with Gasteiger partial charge in [0.05, 0.1) is 5.75 Å². The minimum absolute atomic E-state index is 0.336. The monoisotopic (exact) mass is 274 g/mol. The second-order valence-electron chi connectivity index (χ2n) is 5.90. The Labute approximate surface area is 111 Å². The van der Waals surface area contributed by atoms with Crippen molar-refractivity contribution in [3.05, 3.63) is 0 Å². The molecule has 0 atom stereocenters. The van der Waals surface area contributed by atoms with Crippen molar-refractivity contribution in [3.63, 3.8) is 0 Å². The van der Waals surface area contributed by atoms with E-state index in [1.54, 1.807) is 0 Å². The normalized spacial score (nSPS) is 22.6. The fraction of sp³-hybridized carbons (Fsp3) is 1.00. The number of hydrogen-bond donors (Lipinski definition) is 1. The molecule has 1 N–H and O–H groups in total. The predicted octanol–water partition coefficient (Wildman–Crippen LogP) is 0.885. The molecule has 0 amide bonds. The Bertz CT molecular complexity index is 346. The lowest BCUT2D eigenvalue weighted by atomic mass is 9.97. The zero-order chi connectivity index (χ0) is 13.0. The SMILES string of the molecule is CS(=O)(=O)CCCN(CC1CCNCC1)C1CC1. The molecule has 2 rings (SSSR count). The summed E-state index contributed by atoms with van der Waals surface area (Å²) in [4.78, 5) is 2.54. The third-order valence-corrected chi connectivity index (χ3v) is 5.01. The summed E-state index contributed by atoms with van der Waals surface area (Å²) in [5, 5.41) is 3.40. The van der Waals surface area contributed by atoms with Gasteiger partial charge in [-0.25, -0.2) is 8.42 Å². The van der Waals surface area contributed by atoms with Crippen molar-refractivity contribution < 1.29 is 8.42 Å². The Morgan fingerprint density at radius 2 is 1.83 bits per heavy atom. The summed E-state index contributed by atoms with van der Waals surface area (Å²) in [5.41, 5.74) is 0. The number of hydrogen-bond acceptors (Lipinski definition) is 4. The second kappa shape index (κ2) is 6.35. The summed E-state index contributed by atoms with van der Waals surface area (Å²) in [7, 11) is -2.79. The van der Waals surface area contributed by atoms with Gasteiger partial charge in [-0.05, 0) is 57.7 Å². The number of piperidine rings is 1. The summed E-state index contributed by atoms with van der Waals surface area (Å²) in [6, 6.07) is 0.749. The highest BCUT2D eigenvalue weighted by atomic mass is 32.2. The lowest BCUT2D eigenvalue weighted by molar-refractivity contribution is 0.198. The molecule has 0 aromatic heterocycles. The van der Waals surface area contributed by atoms with Crippen LogP contribution in [0.2, 0.25) is 0 Å². The van der Waals surface area contributed by atoms with Gasteiger partial charge in [0.15, 0.2) is 0 Å². The molecule has 0 radical (unpaired) electrons. The predicted molar refractivity (Wildman–Crippen MR) is 74.5 cm³/mol. The molecule has 0 unspecified atom stereocenters. The molecule has 1 aliphatic carbocycles. The van der Waals surface area contributed by atoms with Gasteiger partial charge in [-0.2, -0.15) is 0 Å². The molecular formula is C13H26N2O2S. The first-order valence-corrected chi connectivity index (χ1v) is 9.23. The first kappa shape index (κ1) is 14.3. The molecule has 1 saturated carbocycles. The van der Waals surface area contributed by atoms with Gasteiger partial charge in [0, 0.05) is 18.8 Å². The van der Waals surface area contributed by atoms with Crippen molar-refractivity contribution >= 4 is 9.84 Å². The van der Waals surface area contributed by atoms with Crippen molar-refractivity contribution in [2.24, 2.45) is 5.92 Å². The molecule has 0 bridgehead atoms. The molecule has 4 nitrogen and oxygen atoms in total. The summed E-state index contributed by atoms with van der Waals surface area (Å²) < 4.78 is 22.3. The first-order chi connectivity index (χ1) is 8.54. The van der Waals surface area contributed by atoms with Crippen LogP contribution in [-0.4, -0.2) is 57.5 Å². The van der Waals surface area contributed by atoms with Crippen LogP contribution in [0.5, 0.6) is 0 Å². The summed E-state index contributed by atoms with van der Waals surface area (Å²) >= 11 is 0. The molecule has 1 saturated heterocycles. The number of sulfone groups is 1. The Morgan fingerprint density at radius 1 is 1.17 bits per heavy atom. The minimum Gasteiger partial charge on any atom is -0.317 e. The van der Waals surface area contributed by atoms with Crippen LogP contribution in [-0.2, 0) is 9.84 Å². The third kappa shape index (κ3) is 5.24. The summed E-state index contributed by atoms with van der Waals surface area (Å²) in [5.74, 6) is 1.15. The van der Waals surface area contributed by atoms with Gasteiger partial charge >= 0.3 is 0 Å². The maximum atomic E-state index is 11.2. The second-order valence-corrected chi connectivity index (χ2v) is 8.16. The highest BCUT2D eigenvalue weighted by Gasteiger charge is 2.30. The van der Waals surface area contributed by atoms with Crippen LogP contribution in [0.1, 0.15) is 32.1 Å². The van der Waals surface area contributed by atoms with Gasteiger partial charge in [0.2, 0.25) is 0 Å². The quantitative estimate of drug-likeness (QED) is 0.749. The average molecular weight is 274 g/mol. The molecule has 1 aliphatic heterocycles. The number of rotatable bonds is 7. The van der Waals surface area contributed by atoms with E-state index in [0.717, 1.165) is 38.0 Å². The first-order valence-electron chi connectivity index (χ1n) is 7.17. The molecular weight excluding hydrogens is 248 g/mol. The summed E-state index contributed by atoms with van der Waals surface area (Å²) in [6.45, 7) is 4.43. The van der Waals surface area contributed by atoms with Crippen molar-refractivity contribution in [1.82, 2.24) is 10.2 Å². The van der Waals surface area contributed by atoms with E-state index in [1.165, 1.54) is 38.5 Å². The maximum Gasteiger partial charge on any atom is 0.147 e. The fourth-order valence-electron chi connectivity index (χ4n) is 2.79. The van der Waals surface area contributed by atoms with Crippen molar-refractivity contribution in [3.8, 4) is 0 Å². The molecule has 2 aliphatic rings. The molecule has 0 spiro atoms. The van der Waals surface area contributed by atoms with Crippen molar-refractivity contribution in [1.29, 1.82) is 0 Å². The average Bonchev–Trinajstić information content (AvgIpc) is 3.11. The van der Waals surface area contributed by atoms with Crippen molar-refractivity contribution in [2.75, 3.05) is 38.2 Å². The zero-order valence-electron chi connectivity index (χ0n) is 11.4. The largest absolute Gasteiger partial charge is 0.317 e. The molecule has 5 heteroatoms. The van der Waals surface area contributed by atoms with Crippen LogP contribution in [0.4, 0.5) is 0 Å². The maximum absolute atomic E-state index is 11.2. The van der Waals surface area contributed by atoms with Gasteiger partial charge < -0.3 is 10.2 Å². The Kier molecular flexibility index (Phi) is 5.04. The van der Waals surface area contributed by atoms with Crippen LogP contribution in [0.3, 0.4) is 0 Å². The summed E-state index contributed by atoms with van der Waals surface area (Å²) in [6.07, 6.45) is 7.29. The Balaban J connectivity index is 1.73. The topological polar surface area (TPSA) is 49.4 Å². The molecule has 0 aromatic carbocycles. The fourth-order valence-corrected chi connectivity index (χ4v) is 3.44. The highest BCUT2D eigenvalue weighted by Crippen LogP contribution is 2.29. The smallest absolute Gasteiger partial charge is 0.147 e. The highest BCUT2D eigenvalue weighted by molar-refractivity contribution is 7.90. The van der Waals surface area contributed by atoms with Gasteiger partial charge in [-0.3, -0.25) is 0 Å². The molecule has 0 aromatic rings. The van der Waals surface area contributed by atoms with Gasteiger partial charge in [-0.1, -0.05) is 0 Å². The third-order valence-electron chi connectivity index (χ3n) is 3.98. The van der Waals surface area contributed by atoms with E-state index in [0.29, 0.717) is 5.75 Å². The van der Waals surface area contributed by atoms with E-state index in [-0.39, 0.29) is 0 Å². The number of nitrogens with one attached hydrogen (secondary N) is 1. The van der Waals surface area contributed by atoms with Crippen LogP contribution >= 0.6 is 0 Å². The minimum atomic E-state index is -2.79. The lowest BCUT2D eigenvalue weighted by Crippen LogP contribution is -2.38. The zero-order valence-corrected chi connectivity index (χ0v) is 12.2. The van der Waals surface area contributed by atoms with E-state index in [9.17, 15) is 8.42 Å². The Hall–Kier alpha value is -0.130. The van der Waals surface area contributed by atoms with Gasteiger partial charge in [0.1, 0.15) is 9.84 Å². The van der Waals surface area contributed by atoms with Gasteiger partial charge in [0.25, 0.3) is 0 Å². The van der Waals surface area contributed by atoms with Crippen LogP contribution < -0.4 is 5.32 Å². The lowest BCUT2D eigenvalue weighted by Gasteiger charge is -2.30. The van der Waals surface area contributed by atoms with E-state index in [4.69, 9.17) is 0 Å². The number of nitrogens with zero attached hydrogens (tertiary/aromatic N) is 1. The van der Waals surface area contributed by atoms with Crippen LogP contribution in [0, 0.1) is 5.92 Å². The van der Waals surface area contributed by atoms with E-state index in [2.05, 4.69) is 10.2 Å². The Morgan fingerprint density at radius 3 is 2.39 bits per heavy atom. The molecule has 106 valence electrons. The van der Waals surface area contributed by atoms with E-state index in [1.807, 2.05) is 0 Å². The molecule has 1 heterocycles. The molecule has 2 fully saturated rings.